The van der Waals surface area contributed by atoms with Crippen molar-refractivity contribution in [3.63, 3.8) is 0 Å². The van der Waals surface area contributed by atoms with Gasteiger partial charge < -0.3 is 10.0 Å². The number of nitrogens with zero attached hydrogens (tertiary/aromatic N) is 1. The molecule has 1 unspecified atom stereocenters. The lowest BCUT2D eigenvalue weighted by molar-refractivity contribution is -0.173. The van der Waals surface area contributed by atoms with Crippen LogP contribution in [0.25, 0.3) is 0 Å². The standard InChI is InChI=1S/C9H12FNO5S/c1-6(12)11-2-8(3-11)4-17(15,16)5-9(8,10)7(13)14/h2-5H2,1H3,(H,13,14). The molecule has 0 aliphatic carbocycles. The zero-order valence-corrected chi connectivity index (χ0v) is 9.96. The first-order chi connectivity index (χ1) is 7.62. The summed E-state index contributed by atoms with van der Waals surface area (Å²) < 4.78 is 37.2. The van der Waals surface area contributed by atoms with E-state index in [-0.39, 0.29) is 19.0 Å². The largest absolute Gasteiger partial charge is 0.479 e. The van der Waals surface area contributed by atoms with Crippen molar-refractivity contribution in [1.29, 1.82) is 0 Å². The molecule has 1 amide bonds. The molecule has 2 aliphatic heterocycles. The molecule has 96 valence electrons. The van der Waals surface area contributed by atoms with E-state index in [1.54, 1.807) is 0 Å². The van der Waals surface area contributed by atoms with Gasteiger partial charge in [0.25, 0.3) is 0 Å². The van der Waals surface area contributed by atoms with E-state index >= 15 is 0 Å². The third-order valence-corrected chi connectivity index (χ3v) is 5.36. The van der Waals surface area contributed by atoms with Crippen LogP contribution in [0, 0.1) is 5.41 Å². The van der Waals surface area contributed by atoms with Crippen LogP contribution in [0.5, 0.6) is 0 Å². The van der Waals surface area contributed by atoms with Gasteiger partial charge in [-0.1, -0.05) is 0 Å². The number of alkyl halides is 1. The number of carboxylic acid groups (broad SMARTS) is 1. The molecule has 2 fully saturated rings. The fourth-order valence-electron chi connectivity index (χ4n) is 2.58. The molecule has 8 heteroatoms. The summed E-state index contributed by atoms with van der Waals surface area (Å²) in [5.74, 6) is -3.58. The van der Waals surface area contributed by atoms with Gasteiger partial charge in [0.2, 0.25) is 11.6 Å². The quantitative estimate of drug-likeness (QED) is 0.660. The molecular weight excluding hydrogens is 253 g/mol. The summed E-state index contributed by atoms with van der Waals surface area (Å²) in [6.07, 6.45) is 0. The van der Waals surface area contributed by atoms with Gasteiger partial charge in [0.15, 0.2) is 9.84 Å². The van der Waals surface area contributed by atoms with Crippen LogP contribution < -0.4 is 0 Å². The maximum atomic E-state index is 14.4. The van der Waals surface area contributed by atoms with Crippen molar-refractivity contribution in [1.82, 2.24) is 4.90 Å². The van der Waals surface area contributed by atoms with Crippen LogP contribution in [0.4, 0.5) is 4.39 Å². The average molecular weight is 265 g/mol. The second-order valence-electron chi connectivity index (χ2n) is 4.79. The Morgan fingerprint density at radius 2 is 1.82 bits per heavy atom. The average Bonchev–Trinajstić information content (AvgIpc) is 2.30. The van der Waals surface area contributed by atoms with Crippen molar-refractivity contribution in [3.8, 4) is 0 Å². The van der Waals surface area contributed by atoms with Crippen molar-refractivity contribution >= 4 is 21.7 Å². The molecule has 0 radical (unpaired) electrons. The van der Waals surface area contributed by atoms with E-state index in [2.05, 4.69) is 0 Å². The van der Waals surface area contributed by atoms with Crippen molar-refractivity contribution in [3.05, 3.63) is 0 Å². The van der Waals surface area contributed by atoms with Gasteiger partial charge in [-0.3, -0.25) is 4.79 Å². The lowest BCUT2D eigenvalue weighted by Crippen LogP contribution is -2.68. The molecular formula is C9H12FNO5S. The number of halogens is 1. The van der Waals surface area contributed by atoms with Crippen LogP contribution in [0.3, 0.4) is 0 Å². The summed E-state index contributed by atoms with van der Waals surface area (Å²) >= 11 is 0. The van der Waals surface area contributed by atoms with Gasteiger partial charge >= 0.3 is 5.97 Å². The summed E-state index contributed by atoms with van der Waals surface area (Å²) in [5.41, 5.74) is -4.25. The highest BCUT2D eigenvalue weighted by Gasteiger charge is 2.71. The molecule has 1 atom stereocenters. The third kappa shape index (κ3) is 1.54. The first kappa shape index (κ1) is 12.3. The molecule has 0 bridgehead atoms. The first-order valence-corrected chi connectivity index (χ1v) is 6.82. The van der Waals surface area contributed by atoms with Gasteiger partial charge in [-0.25, -0.2) is 17.6 Å². The number of likely N-dealkylation sites (tertiary alicyclic amines) is 1. The summed E-state index contributed by atoms with van der Waals surface area (Å²) in [4.78, 5) is 23.2. The monoisotopic (exact) mass is 265 g/mol. The van der Waals surface area contributed by atoms with Crippen molar-refractivity contribution in [2.24, 2.45) is 5.41 Å². The van der Waals surface area contributed by atoms with Crippen LogP contribution in [-0.4, -0.2) is 60.6 Å². The zero-order valence-electron chi connectivity index (χ0n) is 9.14. The molecule has 6 nitrogen and oxygen atoms in total. The lowest BCUT2D eigenvalue weighted by atomic mass is 9.69. The lowest BCUT2D eigenvalue weighted by Gasteiger charge is -2.50. The molecule has 2 heterocycles. The summed E-state index contributed by atoms with van der Waals surface area (Å²) in [5, 5.41) is 8.89. The van der Waals surface area contributed by atoms with Gasteiger partial charge in [-0.15, -0.1) is 0 Å². The molecule has 1 N–H and O–H groups in total. The minimum atomic E-state index is -3.71. The normalized spacial score (nSPS) is 33.4. The van der Waals surface area contributed by atoms with Crippen LogP contribution in [-0.2, 0) is 19.4 Å². The number of hydrogen-bond acceptors (Lipinski definition) is 4. The molecule has 0 aromatic carbocycles. The van der Waals surface area contributed by atoms with Gasteiger partial charge in [-0.2, -0.15) is 0 Å². The summed E-state index contributed by atoms with van der Waals surface area (Å²) in [6.45, 7) is 0.978. The fraction of sp³-hybridized carbons (Fsp3) is 0.778. The summed E-state index contributed by atoms with van der Waals surface area (Å²) in [6, 6.07) is 0. The number of carbonyl (C=O) groups is 2. The zero-order chi connectivity index (χ0) is 13.1. The Morgan fingerprint density at radius 1 is 1.29 bits per heavy atom. The second-order valence-corrected chi connectivity index (χ2v) is 6.86. The molecule has 1 spiro atoms. The predicted molar refractivity (Wildman–Crippen MR) is 54.8 cm³/mol. The van der Waals surface area contributed by atoms with Crippen LogP contribution in [0.1, 0.15) is 6.92 Å². The number of carboxylic acids is 1. The molecule has 17 heavy (non-hydrogen) atoms. The Kier molecular flexibility index (Phi) is 2.30. The van der Waals surface area contributed by atoms with Crippen LogP contribution in [0.15, 0.2) is 0 Å². The Bertz CT molecular complexity index is 496. The Morgan fingerprint density at radius 3 is 2.24 bits per heavy atom. The number of aliphatic carboxylic acids is 1. The van der Waals surface area contributed by atoms with Gasteiger partial charge in [-0.05, 0) is 0 Å². The number of amides is 1. The van der Waals surface area contributed by atoms with E-state index in [0.29, 0.717) is 0 Å². The van der Waals surface area contributed by atoms with E-state index in [4.69, 9.17) is 5.11 Å². The summed E-state index contributed by atoms with van der Waals surface area (Å²) in [7, 11) is -3.71. The second kappa shape index (κ2) is 3.18. The van der Waals surface area contributed by atoms with Crippen LogP contribution >= 0.6 is 0 Å². The number of sulfone groups is 1. The Labute approximate surface area is 97.3 Å². The van der Waals surface area contributed by atoms with Gasteiger partial charge in [0.05, 0.1) is 16.9 Å². The first-order valence-electron chi connectivity index (χ1n) is 5.00. The van der Waals surface area contributed by atoms with E-state index in [1.807, 2.05) is 0 Å². The topological polar surface area (TPSA) is 91.8 Å². The van der Waals surface area contributed by atoms with Gasteiger partial charge in [0, 0.05) is 20.0 Å². The molecule has 2 rings (SSSR count). The minimum Gasteiger partial charge on any atom is -0.479 e. The number of hydrogen-bond donors (Lipinski definition) is 1. The minimum absolute atomic E-state index is 0.148. The third-order valence-electron chi connectivity index (χ3n) is 3.53. The molecule has 0 aromatic rings. The maximum absolute atomic E-state index is 14.4. The Hall–Kier alpha value is -1.18. The molecule has 2 saturated heterocycles. The fourth-order valence-corrected chi connectivity index (χ4v) is 4.97. The molecule has 0 saturated carbocycles. The maximum Gasteiger partial charge on any atom is 0.343 e. The van der Waals surface area contributed by atoms with E-state index in [9.17, 15) is 22.4 Å². The molecule has 2 aliphatic rings. The number of rotatable bonds is 1. The SMILES string of the molecule is CC(=O)N1CC2(C1)CS(=O)(=O)CC2(F)C(=O)O. The number of carbonyl (C=O) groups excluding carboxylic acids is 1. The highest BCUT2D eigenvalue weighted by atomic mass is 32.2. The van der Waals surface area contributed by atoms with Crippen molar-refractivity contribution < 1.29 is 27.5 Å². The predicted octanol–water partition coefficient (Wildman–Crippen LogP) is -0.944. The smallest absolute Gasteiger partial charge is 0.343 e. The van der Waals surface area contributed by atoms with E-state index < -0.39 is 38.4 Å². The Balaban J connectivity index is 2.35. The van der Waals surface area contributed by atoms with E-state index in [1.165, 1.54) is 11.8 Å². The van der Waals surface area contributed by atoms with Crippen molar-refractivity contribution in [2.45, 2.75) is 12.6 Å². The van der Waals surface area contributed by atoms with Crippen molar-refractivity contribution in [2.75, 3.05) is 24.6 Å². The highest BCUT2D eigenvalue weighted by Crippen LogP contribution is 2.50. The van der Waals surface area contributed by atoms with Gasteiger partial charge in [0.1, 0.15) is 0 Å². The van der Waals surface area contributed by atoms with E-state index in [0.717, 1.165) is 0 Å². The molecule has 0 aromatic heterocycles. The highest BCUT2D eigenvalue weighted by molar-refractivity contribution is 7.91. The van der Waals surface area contributed by atoms with Crippen LogP contribution in [0.2, 0.25) is 0 Å².